The van der Waals surface area contributed by atoms with Gasteiger partial charge in [0, 0.05) is 18.7 Å². The molecular weight excluding hydrogens is 286 g/mol. The Morgan fingerprint density at radius 2 is 1.62 bits per heavy atom. The van der Waals surface area contributed by atoms with Gasteiger partial charge in [-0.25, -0.2) is 4.39 Å². The van der Waals surface area contributed by atoms with Crippen LogP contribution < -0.4 is 5.32 Å². The third-order valence-corrected chi connectivity index (χ3v) is 2.97. The largest absolute Gasteiger partial charge is 0.508 e. The second-order valence-corrected chi connectivity index (χ2v) is 4.57. The van der Waals surface area contributed by atoms with Crippen molar-refractivity contribution in [2.24, 2.45) is 0 Å². The molecule has 0 radical (unpaired) electrons. The second-order valence-electron chi connectivity index (χ2n) is 4.57. The summed E-state index contributed by atoms with van der Waals surface area (Å²) in [5.41, 5.74) is 0.315. The first kappa shape index (κ1) is 15.3. The average molecular weight is 299 g/mol. The van der Waals surface area contributed by atoms with Crippen LogP contribution in [0.2, 0.25) is 0 Å². The molecule has 112 valence electrons. The number of alkyl halides is 3. The molecule has 2 N–H and O–H groups in total. The molecule has 0 saturated carbocycles. The summed E-state index contributed by atoms with van der Waals surface area (Å²) in [6, 6.07) is 8.72. The van der Waals surface area contributed by atoms with Crippen LogP contribution in [-0.4, -0.2) is 5.11 Å². The third-order valence-electron chi connectivity index (χ3n) is 2.97. The summed E-state index contributed by atoms with van der Waals surface area (Å²) in [5, 5.41) is 12.6. The zero-order valence-electron chi connectivity index (χ0n) is 10.9. The van der Waals surface area contributed by atoms with Crippen LogP contribution in [0.1, 0.15) is 16.7 Å². The predicted octanol–water partition coefficient (Wildman–Crippen LogP) is 3.84. The molecule has 0 heterocycles. The van der Waals surface area contributed by atoms with E-state index in [2.05, 4.69) is 5.32 Å². The molecule has 0 atom stereocenters. The van der Waals surface area contributed by atoms with Crippen molar-refractivity contribution in [3.63, 3.8) is 0 Å². The van der Waals surface area contributed by atoms with E-state index in [0.717, 1.165) is 11.6 Å². The SMILES string of the molecule is Oc1cc(C(F)(F)F)ccc1CNCc1ccc(F)cc1. The smallest absolute Gasteiger partial charge is 0.416 e. The predicted molar refractivity (Wildman–Crippen MR) is 70.1 cm³/mol. The zero-order valence-corrected chi connectivity index (χ0v) is 10.9. The van der Waals surface area contributed by atoms with Crippen molar-refractivity contribution < 1.29 is 22.7 Å². The van der Waals surface area contributed by atoms with Gasteiger partial charge in [0.05, 0.1) is 5.56 Å². The molecule has 2 rings (SSSR count). The number of aromatic hydroxyl groups is 1. The Balaban J connectivity index is 1.96. The first-order chi connectivity index (χ1) is 9.86. The lowest BCUT2D eigenvalue weighted by molar-refractivity contribution is -0.137. The first-order valence-electron chi connectivity index (χ1n) is 6.20. The lowest BCUT2D eigenvalue weighted by Crippen LogP contribution is -2.13. The van der Waals surface area contributed by atoms with Gasteiger partial charge in [-0.3, -0.25) is 0 Å². The van der Waals surface area contributed by atoms with Gasteiger partial charge in [0.15, 0.2) is 0 Å². The Labute approximate surface area is 119 Å². The van der Waals surface area contributed by atoms with E-state index in [1.807, 2.05) is 0 Å². The van der Waals surface area contributed by atoms with Gasteiger partial charge in [-0.1, -0.05) is 18.2 Å². The highest BCUT2D eigenvalue weighted by molar-refractivity contribution is 5.37. The molecule has 0 saturated heterocycles. The van der Waals surface area contributed by atoms with Crippen LogP contribution in [0.3, 0.4) is 0 Å². The highest BCUT2D eigenvalue weighted by Gasteiger charge is 2.30. The summed E-state index contributed by atoms with van der Waals surface area (Å²) in [4.78, 5) is 0. The van der Waals surface area contributed by atoms with Crippen molar-refractivity contribution in [3.8, 4) is 5.75 Å². The summed E-state index contributed by atoms with van der Waals surface area (Å²) in [7, 11) is 0. The van der Waals surface area contributed by atoms with Crippen LogP contribution in [0.4, 0.5) is 17.6 Å². The standard InChI is InChI=1S/C15H13F4NO/c16-13-5-1-10(2-6-13)8-20-9-11-3-4-12(7-14(11)21)15(17,18)19/h1-7,20-21H,8-9H2. The molecule has 0 bridgehead atoms. The van der Waals surface area contributed by atoms with E-state index in [4.69, 9.17) is 0 Å². The van der Waals surface area contributed by atoms with E-state index in [1.165, 1.54) is 18.2 Å². The van der Waals surface area contributed by atoms with Crippen LogP contribution >= 0.6 is 0 Å². The van der Waals surface area contributed by atoms with Gasteiger partial charge >= 0.3 is 6.18 Å². The lowest BCUT2D eigenvalue weighted by Gasteiger charge is -2.11. The van der Waals surface area contributed by atoms with Crippen LogP contribution in [0.5, 0.6) is 5.75 Å². The molecular formula is C15H13F4NO. The molecule has 0 amide bonds. The minimum atomic E-state index is -4.47. The highest BCUT2D eigenvalue weighted by atomic mass is 19.4. The van der Waals surface area contributed by atoms with Crippen LogP contribution in [0, 0.1) is 5.82 Å². The van der Waals surface area contributed by atoms with E-state index in [1.54, 1.807) is 12.1 Å². The number of phenolic OH excluding ortho intramolecular Hbond substituents is 1. The van der Waals surface area contributed by atoms with Crippen molar-refractivity contribution >= 4 is 0 Å². The Kier molecular flexibility index (Phi) is 4.47. The van der Waals surface area contributed by atoms with Crippen molar-refractivity contribution in [2.75, 3.05) is 0 Å². The summed E-state index contributed by atoms with van der Waals surface area (Å²) >= 11 is 0. The molecule has 0 aliphatic heterocycles. The molecule has 0 spiro atoms. The van der Waals surface area contributed by atoms with E-state index in [0.29, 0.717) is 18.2 Å². The summed E-state index contributed by atoms with van der Waals surface area (Å²) in [6.07, 6.45) is -4.47. The summed E-state index contributed by atoms with van der Waals surface area (Å²) in [5.74, 6) is -0.740. The van der Waals surface area contributed by atoms with E-state index < -0.39 is 17.5 Å². The average Bonchev–Trinajstić information content (AvgIpc) is 2.41. The molecule has 0 fully saturated rings. The number of nitrogens with one attached hydrogen (secondary N) is 1. The molecule has 2 aromatic rings. The summed E-state index contributed by atoms with van der Waals surface area (Å²) in [6.45, 7) is 0.627. The fraction of sp³-hybridized carbons (Fsp3) is 0.200. The van der Waals surface area contributed by atoms with Crippen molar-refractivity contribution in [1.82, 2.24) is 5.32 Å². The molecule has 6 heteroatoms. The zero-order chi connectivity index (χ0) is 15.5. The van der Waals surface area contributed by atoms with Crippen LogP contribution in [0.15, 0.2) is 42.5 Å². The lowest BCUT2D eigenvalue weighted by atomic mass is 10.1. The molecule has 0 aliphatic carbocycles. The van der Waals surface area contributed by atoms with Crippen LogP contribution in [-0.2, 0) is 19.3 Å². The molecule has 0 aromatic heterocycles. The molecule has 0 unspecified atom stereocenters. The van der Waals surface area contributed by atoms with Gasteiger partial charge < -0.3 is 10.4 Å². The van der Waals surface area contributed by atoms with Gasteiger partial charge in [0.25, 0.3) is 0 Å². The van der Waals surface area contributed by atoms with E-state index >= 15 is 0 Å². The number of benzene rings is 2. The Hall–Kier alpha value is -2.08. The second kappa shape index (κ2) is 6.13. The Morgan fingerprint density at radius 1 is 0.952 bits per heavy atom. The maximum Gasteiger partial charge on any atom is 0.416 e. The monoisotopic (exact) mass is 299 g/mol. The van der Waals surface area contributed by atoms with E-state index in [-0.39, 0.29) is 12.4 Å². The molecule has 2 nitrogen and oxygen atoms in total. The third kappa shape index (κ3) is 4.19. The minimum absolute atomic E-state index is 0.210. The van der Waals surface area contributed by atoms with Crippen molar-refractivity contribution in [2.45, 2.75) is 19.3 Å². The Bertz CT molecular complexity index is 608. The van der Waals surface area contributed by atoms with Gasteiger partial charge in [0.1, 0.15) is 11.6 Å². The number of halogens is 4. The topological polar surface area (TPSA) is 32.3 Å². The van der Waals surface area contributed by atoms with E-state index in [9.17, 15) is 22.7 Å². The maximum atomic E-state index is 12.7. The minimum Gasteiger partial charge on any atom is -0.508 e. The van der Waals surface area contributed by atoms with Gasteiger partial charge in [-0.15, -0.1) is 0 Å². The number of phenols is 1. The van der Waals surface area contributed by atoms with Gasteiger partial charge in [-0.05, 0) is 29.8 Å². The Morgan fingerprint density at radius 3 is 2.19 bits per heavy atom. The quantitative estimate of drug-likeness (QED) is 0.841. The normalized spacial score (nSPS) is 11.6. The fourth-order valence-corrected chi connectivity index (χ4v) is 1.83. The van der Waals surface area contributed by atoms with Gasteiger partial charge in [-0.2, -0.15) is 13.2 Å². The number of hydrogen-bond donors (Lipinski definition) is 2. The van der Waals surface area contributed by atoms with Crippen LogP contribution in [0.25, 0.3) is 0 Å². The molecule has 0 aliphatic rings. The van der Waals surface area contributed by atoms with Crippen molar-refractivity contribution in [1.29, 1.82) is 0 Å². The maximum absolute atomic E-state index is 12.7. The van der Waals surface area contributed by atoms with Gasteiger partial charge in [0.2, 0.25) is 0 Å². The molecule has 2 aromatic carbocycles. The summed E-state index contributed by atoms with van der Waals surface area (Å²) < 4.78 is 50.1. The fourth-order valence-electron chi connectivity index (χ4n) is 1.83. The highest BCUT2D eigenvalue weighted by Crippen LogP contribution is 2.32. The first-order valence-corrected chi connectivity index (χ1v) is 6.20. The number of rotatable bonds is 4. The number of hydrogen-bond acceptors (Lipinski definition) is 2. The molecule has 21 heavy (non-hydrogen) atoms. The van der Waals surface area contributed by atoms with Crippen molar-refractivity contribution in [3.05, 3.63) is 65.0 Å².